The van der Waals surface area contributed by atoms with Crippen LogP contribution in [0.15, 0.2) is 59.8 Å². The second kappa shape index (κ2) is 9.49. The molecule has 10 heteroatoms. The fraction of sp³-hybridized carbons (Fsp3) is 0.238. The minimum absolute atomic E-state index is 0.0380. The zero-order valence-corrected chi connectivity index (χ0v) is 18.7. The van der Waals surface area contributed by atoms with Crippen LogP contribution in [0.3, 0.4) is 0 Å². The molecule has 3 aromatic rings. The van der Waals surface area contributed by atoms with Crippen molar-refractivity contribution in [1.29, 1.82) is 0 Å². The summed E-state index contributed by atoms with van der Waals surface area (Å²) in [7, 11) is -2.63. The molecular weight excluding hydrogens is 445 g/mol. The van der Waals surface area contributed by atoms with Gasteiger partial charge in [-0.2, -0.15) is 0 Å². The highest BCUT2D eigenvalue weighted by atomic mass is 35.5. The van der Waals surface area contributed by atoms with Gasteiger partial charge in [-0.1, -0.05) is 43.6 Å². The van der Waals surface area contributed by atoms with E-state index in [1.165, 1.54) is 31.4 Å². The van der Waals surface area contributed by atoms with Gasteiger partial charge < -0.3 is 9.47 Å². The molecule has 0 spiro atoms. The molecule has 31 heavy (non-hydrogen) atoms. The van der Waals surface area contributed by atoms with Gasteiger partial charge in [0, 0.05) is 12.6 Å². The van der Waals surface area contributed by atoms with Gasteiger partial charge in [-0.05, 0) is 30.2 Å². The van der Waals surface area contributed by atoms with Crippen molar-refractivity contribution in [3.05, 3.63) is 65.8 Å². The van der Waals surface area contributed by atoms with E-state index in [-0.39, 0.29) is 45.6 Å². The van der Waals surface area contributed by atoms with E-state index < -0.39 is 15.8 Å². The van der Waals surface area contributed by atoms with Crippen molar-refractivity contribution >= 4 is 27.4 Å². The number of sulfonamides is 1. The molecule has 0 atom stereocenters. The van der Waals surface area contributed by atoms with E-state index in [9.17, 15) is 12.8 Å². The van der Waals surface area contributed by atoms with Crippen LogP contribution in [0, 0.1) is 11.7 Å². The van der Waals surface area contributed by atoms with Crippen LogP contribution in [0.4, 0.5) is 10.2 Å². The smallest absolute Gasteiger partial charge is 0.265 e. The predicted octanol–water partition coefficient (Wildman–Crippen LogP) is 4.92. The van der Waals surface area contributed by atoms with E-state index in [2.05, 4.69) is 9.97 Å². The Morgan fingerprint density at radius 3 is 2.45 bits per heavy atom. The summed E-state index contributed by atoms with van der Waals surface area (Å²) in [5.41, 5.74) is 0. The van der Waals surface area contributed by atoms with E-state index in [0.717, 1.165) is 16.7 Å². The number of aromatic nitrogens is 2. The van der Waals surface area contributed by atoms with Crippen molar-refractivity contribution in [3.8, 4) is 17.2 Å². The molecule has 0 aliphatic heterocycles. The lowest BCUT2D eigenvalue weighted by atomic mass is 10.2. The van der Waals surface area contributed by atoms with Gasteiger partial charge in [0.2, 0.25) is 5.75 Å². The van der Waals surface area contributed by atoms with Gasteiger partial charge in [-0.3, -0.25) is 0 Å². The fourth-order valence-electron chi connectivity index (χ4n) is 2.79. The third-order valence-electron chi connectivity index (χ3n) is 4.18. The van der Waals surface area contributed by atoms with E-state index in [0.29, 0.717) is 0 Å². The SMILES string of the molecule is COc1cc(F)ccc1Oc1c(Cl)ncnc1N(CC(C)C)S(=O)(=O)c1ccccc1. The first kappa shape index (κ1) is 22.8. The van der Waals surface area contributed by atoms with Crippen LogP contribution in [0.1, 0.15) is 13.8 Å². The number of methoxy groups -OCH3 is 1. The molecule has 7 nitrogen and oxygen atoms in total. The number of hydrogen-bond acceptors (Lipinski definition) is 6. The number of halogens is 2. The third kappa shape index (κ3) is 5.05. The summed E-state index contributed by atoms with van der Waals surface area (Å²) in [6.45, 7) is 3.86. The highest BCUT2D eigenvalue weighted by Gasteiger charge is 2.31. The van der Waals surface area contributed by atoms with Crippen LogP contribution in [0.2, 0.25) is 5.15 Å². The number of hydrogen-bond donors (Lipinski definition) is 0. The molecule has 1 aromatic heterocycles. The Labute approximate surface area is 185 Å². The van der Waals surface area contributed by atoms with Gasteiger partial charge >= 0.3 is 0 Å². The Morgan fingerprint density at radius 2 is 1.81 bits per heavy atom. The average molecular weight is 466 g/mol. The number of rotatable bonds is 8. The van der Waals surface area contributed by atoms with Crippen molar-refractivity contribution in [2.75, 3.05) is 18.0 Å². The number of anilines is 1. The van der Waals surface area contributed by atoms with E-state index in [1.807, 2.05) is 13.8 Å². The molecule has 0 aliphatic carbocycles. The molecule has 0 unspecified atom stereocenters. The molecule has 0 fully saturated rings. The molecule has 164 valence electrons. The highest BCUT2D eigenvalue weighted by molar-refractivity contribution is 7.92. The van der Waals surface area contributed by atoms with E-state index >= 15 is 0 Å². The van der Waals surface area contributed by atoms with Crippen LogP contribution >= 0.6 is 11.6 Å². The Balaban J connectivity index is 2.15. The molecular formula is C21H21ClFN3O4S. The van der Waals surface area contributed by atoms with E-state index in [1.54, 1.807) is 18.2 Å². The summed E-state index contributed by atoms with van der Waals surface area (Å²) in [6, 6.07) is 11.6. The first-order valence-electron chi connectivity index (χ1n) is 9.33. The first-order chi connectivity index (χ1) is 14.7. The van der Waals surface area contributed by atoms with Crippen LogP contribution in [0.25, 0.3) is 0 Å². The number of nitrogens with zero attached hydrogens (tertiary/aromatic N) is 3. The summed E-state index contributed by atoms with van der Waals surface area (Å²) in [5.74, 6) is -0.456. The largest absolute Gasteiger partial charge is 0.493 e. The summed E-state index contributed by atoms with van der Waals surface area (Å²) in [5, 5.41) is -0.103. The summed E-state index contributed by atoms with van der Waals surface area (Å²) < 4.78 is 52.6. The quantitative estimate of drug-likeness (QED) is 0.439. The van der Waals surface area contributed by atoms with Crippen molar-refractivity contribution in [2.45, 2.75) is 18.7 Å². The second-order valence-corrected chi connectivity index (χ2v) is 9.18. The Bertz CT molecular complexity index is 1160. The van der Waals surface area contributed by atoms with Gasteiger partial charge in [0.05, 0.1) is 12.0 Å². The van der Waals surface area contributed by atoms with Crippen molar-refractivity contribution in [1.82, 2.24) is 9.97 Å². The van der Waals surface area contributed by atoms with Crippen LogP contribution < -0.4 is 13.8 Å². The summed E-state index contributed by atoms with van der Waals surface area (Å²) in [4.78, 5) is 8.18. The van der Waals surface area contributed by atoms with Crippen molar-refractivity contribution < 1.29 is 22.3 Å². The molecule has 0 saturated heterocycles. The normalized spacial score (nSPS) is 11.4. The average Bonchev–Trinajstić information content (AvgIpc) is 2.75. The van der Waals surface area contributed by atoms with Gasteiger partial charge in [-0.15, -0.1) is 0 Å². The van der Waals surface area contributed by atoms with Crippen LogP contribution in [-0.2, 0) is 10.0 Å². The first-order valence-corrected chi connectivity index (χ1v) is 11.2. The Hall–Kier alpha value is -2.91. The minimum atomic E-state index is -3.99. The summed E-state index contributed by atoms with van der Waals surface area (Å²) in [6.07, 6.45) is 1.15. The molecule has 0 aliphatic rings. The van der Waals surface area contributed by atoms with Gasteiger partial charge in [0.15, 0.2) is 22.5 Å². The van der Waals surface area contributed by atoms with Crippen molar-refractivity contribution in [2.24, 2.45) is 5.92 Å². The maximum Gasteiger partial charge on any atom is 0.265 e. The van der Waals surface area contributed by atoms with Gasteiger partial charge in [-0.25, -0.2) is 27.1 Å². The highest BCUT2D eigenvalue weighted by Crippen LogP contribution is 2.41. The maximum absolute atomic E-state index is 13.6. The molecule has 0 saturated carbocycles. The lowest BCUT2D eigenvalue weighted by molar-refractivity contribution is 0.375. The van der Waals surface area contributed by atoms with Crippen LogP contribution in [-0.4, -0.2) is 32.0 Å². The molecule has 3 rings (SSSR count). The predicted molar refractivity (Wildman–Crippen MR) is 116 cm³/mol. The number of benzene rings is 2. The standard InChI is InChI=1S/C21H21ClFN3O4S/c1-14(2)12-26(31(27,28)16-7-5-4-6-8-16)21-19(20(22)24-13-25-21)30-17-10-9-15(23)11-18(17)29-3/h4-11,13-14H,12H2,1-3H3. The van der Waals surface area contributed by atoms with Crippen molar-refractivity contribution in [3.63, 3.8) is 0 Å². The van der Waals surface area contributed by atoms with Gasteiger partial charge in [0.1, 0.15) is 12.1 Å². The Kier molecular flexibility index (Phi) is 6.97. The molecule has 1 heterocycles. The van der Waals surface area contributed by atoms with E-state index in [4.69, 9.17) is 21.1 Å². The molecule has 0 N–H and O–H groups in total. The molecule has 0 amide bonds. The maximum atomic E-state index is 13.6. The minimum Gasteiger partial charge on any atom is -0.493 e. The molecule has 0 bridgehead atoms. The molecule has 0 radical (unpaired) electrons. The number of ether oxygens (including phenoxy) is 2. The monoisotopic (exact) mass is 465 g/mol. The third-order valence-corrected chi connectivity index (χ3v) is 6.22. The lowest BCUT2D eigenvalue weighted by Gasteiger charge is -2.27. The second-order valence-electron chi connectivity index (χ2n) is 6.96. The lowest BCUT2D eigenvalue weighted by Crippen LogP contribution is -2.35. The topological polar surface area (TPSA) is 81.6 Å². The molecule has 2 aromatic carbocycles. The van der Waals surface area contributed by atoms with Gasteiger partial charge in [0.25, 0.3) is 10.0 Å². The van der Waals surface area contributed by atoms with Crippen LogP contribution in [0.5, 0.6) is 17.2 Å². The fourth-order valence-corrected chi connectivity index (χ4v) is 4.57. The Morgan fingerprint density at radius 1 is 1.10 bits per heavy atom. The zero-order chi connectivity index (χ0) is 22.6. The zero-order valence-electron chi connectivity index (χ0n) is 17.1. The summed E-state index contributed by atoms with van der Waals surface area (Å²) >= 11 is 6.27.